The summed E-state index contributed by atoms with van der Waals surface area (Å²) in [7, 11) is 0. The first-order chi connectivity index (χ1) is 7.63. The van der Waals surface area contributed by atoms with Gasteiger partial charge in [0.25, 0.3) is 0 Å². The van der Waals surface area contributed by atoms with Crippen LogP contribution < -0.4 is 11.1 Å². The van der Waals surface area contributed by atoms with Gasteiger partial charge in [-0.15, -0.1) is 0 Å². The summed E-state index contributed by atoms with van der Waals surface area (Å²) < 4.78 is 1.67. The lowest BCUT2D eigenvalue weighted by atomic mass is 10.3. The summed E-state index contributed by atoms with van der Waals surface area (Å²) in [6.07, 6.45) is 0. The molecule has 0 spiro atoms. The maximum absolute atomic E-state index is 5.61. The first kappa shape index (κ1) is 11.3. The zero-order valence-corrected chi connectivity index (χ0v) is 11.3. The second kappa shape index (κ2) is 4.80. The minimum Gasteiger partial charge on any atom is -0.383 e. The number of hydrogen-bond acceptors (Lipinski definition) is 4. The average molecular weight is 344 g/mol. The molecule has 1 aromatic heterocycles. The molecule has 1 heterocycles. The summed E-state index contributed by atoms with van der Waals surface area (Å²) in [4.78, 5) is 8.22. The van der Waals surface area contributed by atoms with E-state index in [-0.39, 0.29) is 0 Å². The molecule has 0 aliphatic heterocycles. The standard InChI is InChI=1S/C10H8Br2N4/c11-6-1-3-7(4-2-6)14-10-15-8(12)5-9(13)16-10/h1-5H,(H3,13,14,15,16). The summed E-state index contributed by atoms with van der Waals surface area (Å²) in [5.41, 5.74) is 6.51. The van der Waals surface area contributed by atoms with Gasteiger partial charge >= 0.3 is 0 Å². The van der Waals surface area contributed by atoms with Crippen LogP contribution >= 0.6 is 31.9 Å². The number of halogens is 2. The Morgan fingerprint density at radius 1 is 1.06 bits per heavy atom. The number of rotatable bonds is 2. The van der Waals surface area contributed by atoms with Crippen molar-refractivity contribution < 1.29 is 0 Å². The zero-order valence-electron chi connectivity index (χ0n) is 8.11. The molecule has 2 aromatic rings. The van der Waals surface area contributed by atoms with Crippen molar-refractivity contribution in [3.05, 3.63) is 39.4 Å². The minimum absolute atomic E-state index is 0.418. The van der Waals surface area contributed by atoms with Crippen LogP contribution in [0.15, 0.2) is 39.4 Å². The summed E-state index contributed by atoms with van der Waals surface area (Å²) in [6.45, 7) is 0. The van der Waals surface area contributed by atoms with Crippen LogP contribution in [0, 0.1) is 0 Å². The highest BCUT2D eigenvalue weighted by Crippen LogP contribution is 2.19. The number of nitrogen functional groups attached to an aromatic ring is 1. The summed E-state index contributed by atoms with van der Waals surface area (Å²) in [5, 5.41) is 3.06. The van der Waals surface area contributed by atoms with Crippen LogP contribution in [0.25, 0.3) is 0 Å². The van der Waals surface area contributed by atoms with E-state index in [1.54, 1.807) is 6.07 Å². The molecule has 6 heteroatoms. The van der Waals surface area contributed by atoms with E-state index in [0.717, 1.165) is 10.2 Å². The van der Waals surface area contributed by atoms with Gasteiger partial charge in [-0.3, -0.25) is 0 Å². The maximum Gasteiger partial charge on any atom is 0.230 e. The first-order valence-corrected chi connectivity index (χ1v) is 6.05. The van der Waals surface area contributed by atoms with Crippen molar-refractivity contribution in [1.29, 1.82) is 0 Å². The normalized spacial score (nSPS) is 10.1. The first-order valence-electron chi connectivity index (χ1n) is 4.46. The van der Waals surface area contributed by atoms with Crippen molar-refractivity contribution in [2.24, 2.45) is 0 Å². The molecule has 0 bridgehead atoms. The smallest absolute Gasteiger partial charge is 0.230 e. The molecule has 0 radical (unpaired) electrons. The molecule has 4 nitrogen and oxygen atoms in total. The van der Waals surface area contributed by atoms with E-state index in [4.69, 9.17) is 5.73 Å². The molecule has 3 N–H and O–H groups in total. The Balaban J connectivity index is 2.23. The number of anilines is 3. The van der Waals surface area contributed by atoms with E-state index in [0.29, 0.717) is 16.4 Å². The molecule has 1 aromatic carbocycles. The Morgan fingerprint density at radius 2 is 1.75 bits per heavy atom. The highest BCUT2D eigenvalue weighted by atomic mass is 79.9. The van der Waals surface area contributed by atoms with Gasteiger partial charge in [-0.2, -0.15) is 4.98 Å². The van der Waals surface area contributed by atoms with Crippen LogP contribution in [0.2, 0.25) is 0 Å². The van der Waals surface area contributed by atoms with Gasteiger partial charge in [0.2, 0.25) is 5.95 Å². The second-order valence-corrected chi connectivity index (χ2v) is 4.80. The Hall–Kier alpha value is -1.14. The minimum atomic E-state index is 0.418. The molecule has 0 saturated heterocycles. The van der Waals surface area contributed by atoms with Crippen molar-refractivity contribution in [3.63, 3.8) is 0 Å². The zero-order chi connectivity index (χ0) is 11.5. The van der Waals surface area contributed by atoms with Crippen LogP contribution in [0.1, 0.15) is 0 Å². The molecule has 82 valence electrons. The Kier molecular flexibility index (Phi) is 3.40. The van der Waals surface area contributed by atoms with Gasteiger partial charge in [0, 0.05) is 16.2 Å². The highest BCUT2D eigenvalue weighted by Gasteiger charge is 2.01. The predicted molar refractivity (Wildman–Crippen MR) is 71.6 cm³/mol. The molecular formula is C10H8Br2N4. The fraction of sp³-hybridized carbons (Fsp3) is 0. The Morgan fingerprint density at radius 3 is 2.38 bits per heavy atom. The fourth-order valence-electron chi connectivity index (χ4n) is 1.15. The van der Waals surface area contributed by atoms with Gasteiger partial charge in [-0.05, 0) is 40.2 Å². The van der Waals surface area contributed by atoms with Crippen LogP contribution in [-0.2, 0) is 0 Å². The predicted octanol–water partition coefficient (Wildman–Crippen LogP) is 3.33. The van der Waals surface area contributed by atoms with Crippen LogP contribution in [0.3, 0.4) is 0 Å². The number of nitrogens with zero attached hydrogens (tertiary/aromatic N) is 2. The van der Waals surface area contributed by atoms with Gasteiger partial charge in [-0.25, -0.2) is 4.98 Å². The molecule has 0 aliphatic carbocycles. The summed E-state index contributed by atoms with van der Waals surface area (Å²) >= 11 is 6.63. The van der Waals surface area contributed by atoms with Gasteiger partial charge < -0.3 is 11.1 Å². The van der Waals surface area contributed by atoms with Gasteiger partial charge in [0.15, 0.2) is 0 Å². The van der Waals surface area contributed by atoms with E-state index < -0.39 is 0 Å². The van der Waals surface area contributed by atoms with Gasteiger partial charge in [0.05, 0.1) is 0 Å². The van der Waals surface area contributed by atoms with E-state index in [2.05, 4.69) is 47.1 Å². The van der Waals surface area contributed by atoms with Gasteiger partial charge in [-0.1, -0.05) is 15.9 Å². The lowest BCUT2D eigenvalue weighted by Gasteiger charge is -2.05. The molecule has 0 amide bonds. The quantitative estimate of drug-likeness (QED) is 0.821. The van der Waals surface area contributed by atoms with E-state index in [9.17, 15) is 0 Å². The lowest BCUT2D eigenvalue weighted by molar-refractivity contribution is 1.15. The molecule has 16 heavy (non-hydrogen) atoms. The molecule has 0 saturated carbocycles. The molecule has 0 unspecified atom stereocenters. The molecule has 0 atom stereocenters. The van der Waals surface area contributed by atoms with Crippen LogP contribution in [-0.4, -0.2) is 9.97 Å². The SMILES string of the molecule is Nc1cc(Br)nc(Nc2ccc(Br)cc2)n1. The molecule has 2 rings (SSSR count). The van der Waals surface area contributed by atoms with Crippen molar-refractivity contribution >= 4 is 49.3 Å². The monoisotopic (exact) mass is 342 g/mol. The van der Waals surface area contributed by atoms with Gasteiger partial charge in [0.1, 0.15) is 10.4 Å². The van der Waals surface area contributed by atoms with Crippen molar-refractivity contribution in [2.75, 3.05) is 11.1 Å². The second-order valence-electron chi connectivity index (χ2n) is 3.07. The Labute approximate surface area is 110 Å². The fourth-order valence-corrected chi connectivity index (χ4v) is 1.82. The van der Waals surface area contributed by atoms with Crippen LogP contribution in [0.5, 0.6) is 0 Å². The molecule has 0 aliphatic rings. The lowest BCUT2D eigenvalue weighted by Crippen LogP contribution is -2.00. The topological polar surface area (TPSA) is 63.8 Å². The number of hydrogen-bond donors (Lipinski definition) is 2. The number of benzene rings is 1. The largest absolute Gasteiger partial charge is 0.383 e. The third-order valence-electron chi connectivity index (χ3n) is 1.82. The van der Waals surface area contributed by atoms with E-state index in [1.807, 2.05) is 24.3 Å². The molecule has 0 fully saturated rings. The highest BCUT2D eigenvalue weighted by molar-refractivity contribution is 9.10. The van der Waals surface area contributed by atoms with E-state index in [1.165, 1.54) is 0 Å². The third-order valence-corrected chi connectivity index (χ3v) is 2.75. The van der Waals surface area contributed by atoms with Crippen molar-refractivity contribution in [1.82, 2.24) is 9.97 Å². The Bertz CT molecular complexity index is 478. The summed E-state index contributed by atoms with van der Waals surface area (Å²) in [6, 6.07) is 9.36. The van der Waals surface area contributed by atoms with Crippen molar-refractivity contribution in [2.45, 2.75) is 0 Å². The average Bonchev–Trinajstić information content (AvgIpc) is 2.20. The van der Waals surface area contributed by atoms with E-state index >= 15 is 0 Å². The van der Waals surface area contributed by atoms with Crippen LogP contribution in [0.4, 0.5) is 17.5 Å². The maximum atomic E-state index is 5.61. The third kappa shape index (κ3) is 2.93. The number of nitrogens with two attached hydrogens (primary N) is 1. The summed E-state index contributed by atoms with van der Waals surface area (Å²) in [5.74, 6) is 0.885. The number of aromatic nitrogens is 2. The van der Waals surface area contributed by atoms with Crippen molar-refractivity contribution in [3.8, 4) is 0 Å². The number of nitrogens with one attached hydrogen (secondary N) is 1. The molecular weight excluding hydrogens is 336 g/mol.